The number of nitrogens with zero attached hydrogens (tertiary/aromatic N) is 1. The Labute approximate surface area is 108 Å². The molecule has 1 N–H and O–H groups in total. The molecule has 98 valence electrons. The van der Waals surface area contributed by atoms with Crippen LogP contribution in [0, 0.1) is 0 Å². The lowest BCUT2D eigenvalue weighted by atomic mass is 10.1. The van der Waals surface area contributed by atoms with E-state index >= 15 is 0 Å². The summed E-state index contributed by atoms with van der Waals surface area (Å²) in [6.07, 6.45) is 0.428. The number of para-hydroxylation sites is 1. The van der Waals surface area contributed by atoms with Crippen molar-refractivity contribution in [1.82, 2.24) is 5.32 Å². The maximum Gasteiger partial charge on any atom is 0.307 e. The predicted molar refractivity (Wildman–Crippen MR) is 71.6 cm³/mol. The molecule has 4 heteroatoms. The zero-order valence-corrected chi connectivity index (χ0v) is 11.0. The molecule has 4 nitrogen and oxygen atoms in total. The number of carbonyl (C=O) groups excluding carboxylic acids is 1. The number of hydrogen-bond acceptors (Lipinski definition) is 4. The van der Waals surface area contributed by atoms with Crippen LogP contribution in [0.2, 0.25) is 0 Å². The smallest absolute Gasteiger partial charge is 0.307 e. The first-order valence-corrected chi connectivity index (χ1v) is 6.33. The molecule has 1 heterocycles. The van der Waals surface area contributed by atoms with E-state index in [1.165, 1.54) is 18.4 Å². The van der Waals surface area contributed by atoms with Crippen LogP contribution in [0.15, 0.2) is 24.3 Å². The number of anilines is 1. The van der Waals surface area contributed by atoms with Crippen LogP contribution in [0.1, 0.15) is 18.9 Å². The Kier molecular flexibility index (Phi) is 4.20. The van der Waals surface area contributed by atoms with Crippen molar-refractivity contribution in [3.8, 4) is 0 Å². The molecule has 0 aromatic heterocycles. The third-order valence-electron chi connectivity index (χ3n) is 3.28. The van der Waals surface area contributed by atoms with E-state index in [1.807, 2.05) is 6.07 Å². The van der Waals surface area contributed by atoms with Crippen molar-refractivity contribution in [1.29, 1.82) is 0 Å². The minimum absolute atomic E-state index is 0.155. The lowest BCUT2D eigenvalue weighted by Gasteiger charge is -2.26. The first-order valence-electron chi connectivity index (χ1n) is 6.33. The van der Waals surface area contributed by atoms with Gasteiger partial charge in [0.1, 0.15) is 0 Å². The third-order valence-corrected chi connectivity index (χ3v) is 3.28. The summed E-state index contributed by atoms with van der Waals surface area (Å²) in [6, 6.07) is 8.75. The zero-order valence-electron chi connectivity index (χ0n) is 11.0. The van der Waals surface area contributed by atoms with Crippen molar-refractivity contribution >= 4 is 11.7 Å². The summed E-state index contributed by atoms with van der Waals surface area (Å²) >= 11 is 0. The molecule has 0 amide bonds. The second-order valence-electron chi connectivity index (χ2n) is 4.68. The van der Waals surface area contributed by atoms with Crippen LogP contribution in [0.25, 0.3) is 0 Å². The Hall–Kier alpha value is -1.55. The summed E-state index contributed by atoms with van der Waals surface area (Å²) in [5.74, 6) is -0.155. The van der Waals surface area contributed by atoms with Crippen molar-refractivity contribution in [2.24, 2.45) is 0 Å². The average molecular weight is 248 g/mol. The standard InChI is InChI=1S/C14H20N2O2/c1-11-10-16(8-7-14(17)18-2)13-6-4-3-5-12(13)9-15-11/h3-6,11,15H,7-10H2,1-2H3. The fraction of sp³-hybridized carbons (Fsp3) is 0.500. The van der Waals surface area contributed by atoms with Gasteiger partial charge in [-0.05, 0) is 18.6 Å². The highest BCUT2D eigenvalue weighted by Gasteiger charge is 2.19. The minimum atomic E-state index is -0.155. The largest absolute Gasteiger partial charge is 0.469 e. The zero-order chi connectivity index (χ0) is 13.0. The first-order chi connectivity index (χ1) is 8.70. The van der Waals surface area contributed by atoms with E-state index in [1.54, 1.807) is 0 Å². The first kappa shape index (κ1) is 12.9. The average Bonchev–Trinajstić information content (AvgIpc) is 2.56. The molecule has 0 radical (unpaired) electrons. The van der Waals surface area contributed by atoms with E-state index in [-0.39, 0.29) is 5.97 Å². The fourth-order valence-electron chi connectivity index (χ4n) is 2.29. The Bertz CT molecular complexity index is 420. The topological polar surface area (TPSA) is 41.6 Å². The van der Waals surface area contributed by atoms with Gasteiger partial charge in [-0.3, -0.25) is 4.79 Å². The molecule has 2 rings (SSSR count). The monoisotopic (exact) mass is 248 g/mol. The van der Waals surface area contributed by atoms with Gasteiger partial charge in [-0.15, -0.1) is 0 Å². The van der Waals surface area contributed by atoms with Gasteiger partial charge in [-0.1, -0.05) is 18.2 Å². The summed E-state index contributed by atoms with van der Waals surface area (Å²) < 4.78 is 4.71. The molecule has 1 aliphatic heterocycles. The van der Waals surface area contributed by atoms with Crippen molar-refractivity contribution < 1.29 is 9.53 Å². The van der Waals surface area contributed by atoms with Crippen LogP contribution >= 0.6 is 0 Å². The van der Waals surface area contributed by atoms with Gasteiger partial charge < -0.3 is 15.0 Å². The highest BCUT2D eigenvalue weighted by Crippen LogP contribution is 2.23. The number of carbonyl (C=O) groups is 1. The fourth-order valence-corrected chi connectivity index (χ4v) is 2.29. The van der Waals surface area contributed by atoms with Crippen molar-refractivity contribution in [3.63, 3.8) is 0 Å². The molecule has 1 atom stereocenters. The van der Waals surface area contributed by atoms with Gasteiger partial charge in [0.05, 0.1) is 13.5 Å². The molecule has 0 fully saturated rings. The molecular weight excluding hydrogens is 228 g/mol. The summed E-state index contributed by atoms with van der Waals surface area (Å²) in [5.41, 5.74) is 2.50. The number of rotatable bonds is 3. The Morgan fingerprint density at radius 3 is 3.06 bits per heavy atom. The summed E-state index contributed by atoms with van der Waals surface area (Å²) in [6.45, 7) is 4.66. The minimum Gasteiger partial charge on any atom is -0.469 e. The number of methoxy groups -OCH3 is 1. The highest BCUT2D eigenvalue weighted by atomic mass is 16.5. The quantitative estimate of drug-likeness (QED) is 0.824. The molecular formula is C14H20N2O2. The van der Waals surface area contributed by atoms with Gasteiger partial charge in [-0.2, -0.15) is 0 Å². The Balaban J connectivity index is 2.13. The van der Waals surface area contributed by atoms with E-state index < -0.39 is 0 Å². The number of hydrogen-bond donors (Lipinski definition) is 1. The van der Waals surface area contributed by atoms with Gasteiger partial charge in [0.2, 0.25) is 0 Å². The maximum absolute atomic E-state index is 11.3. The maximum atomic E-state index is 11.3. The van der Waals surface area contributed by atoms with Gasteiger partial charge in [0, 0.05) is 31.4 Å². The lowest BCUT2D eigenvalue weighted by molar-refractivity contribution is -0.140. The molecule has 0 saturated carbocycles. The molecule has 1 unspecified atom stereocenters. The van der Waals surface area contributed by atoms with E-state index in [2.05, 4.69) is 35.3 Å². The van der Waals surface area contributed by atoms with Gasteiger partial charge in [-0.25, -0.2) is 0 Å². The van der Waals surface area contributed by atoms with Crippen LogP contribution in [-0.2, 0) is 16.1 Å². The lowest BCUT2D eigenvalue weighted by Crippen LogP contribution is -2.37. The molecule has 1 aromatic rings. The van der Waals surface area contributed by atoms with Crippen LogP contribution < -0.4 is 10.2 Å². The Morgan fingerprint density at radius 2 is 2.28 bits per heavy atom. The number of nitrogens with one attached hydrogen (secondary N) is 1. The van der Waals surface area contributed by atoms with E-state index in [0.717, 1.165) is 13.1 Å². The molecule has 0 saturated heterocycles. The SMILES string of the molecule is COC(=O)CCN1CC(C)NCc2ccccc21. The summed E-state index contributed by atoms with van der Waals surface area (Å²) in [4.78, 5) is 13.5. The van der Waals surface area contributed by atoms with Crippen molar-refractivity contribution in [3.05, 3.63) is 29.8 Å². The molecule has 1 aliphatic rings. The third kappa shape index (κ3) is 3.01. The Morgan fingerprint density at radius 1 is 1.50 bits per heavy atom. The van der Waals surface area contributed by atoms with Crippen LogP contribution in [0.5, 0.6) is 0 Å². The van der Waals surface area contributed by atoms with E-state index in [4.69, 9.17) is 4.74 Å². The predicted octanol–water partition coefficient (Wildman–Crippen LogP) is 1.55. The molecule has 0 aliphatic carbocycles. The van der Waals surface area contributed by atoms with Gasteiger partial charge in [0.25, 0.3) is 0 Å². The molecule has 0 spiro atoms. The van der Waals surface area contributed by atoms with Crippen molar-refractivity contribution in [2.75, 3.05) is 25.1 Å². The molecule has 18 heavy (non-hydrogen) atoms. The second-order valence-corrected chi connectivity index (χ2v) is 4.68. The number of ether oxygens (including phenoxy) is 1. The number of benzene rings is 1. The van der Waals surface area contributed by atoms with Crippen LogP contribution in [0.3, 0.4) is 0 Å². The normalized spacial score (nSPS) is 19.0. The van der Waals surface area contributed by atoms with Crippen molar-refractivity contribution in [2.45, 2.75) is 25.9 Å². The highest BCUT2D eigenvalue weighted by molar-refractivity contribution is 5.70. The van der Waals surface area contributed by atoms with E-state index in [9.17, 15) is 4.79 Å². The number of esters is 1. The second kappa shape index (κ2) is 5.87. The molecule has 0 bridgehead atoms. The molecule has 1 aromatic carbocycles. The van der Waals surface area contributed by atoms with Crippen LogP contribution in [-0.4, -0.2) is 32.2 Å². The number of fused-ring (bicyclic) bond motifs is 1. The van der Waals surface area contributed by atoms with Gasteiger partial charge >= 0.3 is 5.97 Å². The van der Waals surface area contributed by atoms with E-state index in [0.29, 0.717) is 19.0 Å². The van der Waals surface area contributed by atoms with Crippen LogP contribution in [0.4, 0.5) is 5.69 Å². The van der Waals surface area contributed by atoms with Gasteiger partial charge in [0.15, 0.2) is 0 Å². The summed E-state index contributed by atoms with van der Waals surface area (Å²) in [7, 11) is 1.43. The summed E-state index contributed by atoms with van der Waals surface area (Å²) in [5, 5.41) is 3.47.